The zero-order valence-electron chi connectivity index (χ0n) is 10.3. The number of hydrogen-bond donors (Lipinski definition) is 1. The molecule has 1 fully saturated rings. The fourth-order valence-electron chi connectivity index (χ4n) is 2.26. The molecule has 1 heterocycles. The van der Waals surface area contributed by atoms with Gasteiger partial charge < -0.3 is 5.32 Å². The molecule has 4 heteroatoms. The Bertz CT molecular complexity index is 288. The number of aromatic nitrogens is 3. The maximum Gasteiger partial charge on any atom is 0.0692 e. The number of rotatable bonds is 7. The fourth-order valence-corrected chi connectivity index (χ4v) is 2.26. The van der Waals surface area contributed by atoms with E-state index in [1.807, 2.05) is 10.9 Å². The van der Waals surface area contributed by atoms with E-state index in [0.717, 1.165) is 37.4 Å². The Hall–Kier alpha value is -0.900. The predicted molar refractivity (Wildman–Crippen MR) is 64.0 cm³/mol. The van der Waals surface area contributed by atoms with E-state index >= 15 is 0 Å². The van der Waals surface area contributed by atoms with Crippen LogP contribution in [0.2, 0.25) is 0 Å². The molecule has 1 saturated carbocycles. The normalized spacial score (nSPS) is 17.9. The Morgan fingerprint density at radius 3 is 2.81 bits per heavy atom. The number of aryl methyl sites for hydroxylation is 1. The lowest BCUT2D eigenvalue weighted by Crippen LogP contribution is -2.36. The molecule has 1 aliphatic rings. The molecule has 0 radical (unpaired) electrons. The van der Waals surface area contributed by atoms with Crippen molar-refractivity contribution in [3.05, 3.63) is 12.4 Å². The zero-order valence-corrected chi connectivity index (χ0v) is 10.3. The van der Waals surface area contributed by atoms with Crippen LogP contribution in [0.15, 0.2) is 12.4 Å². The van der Waals surface area contributed by atoms with E-state index in [1.165, 1.54) is 12.8 Å². The molecule has 0 amide bonds. The first-order chi connectivity index (χ1) is 7.77. The van der Waals surface area contributed by atoms with Crippen LogP contribution in [0.3, 0.4) is 0 Å². The molecule has 1 aromatic heterocycles. The van der Waals surface area contributed by atoms with Crippen molar-refractivity contribution in [1.82, 2.24) is 20.3 Å². The Balaban J connectivity index is 1.63. The number of nitrogens with one attached hydrogen (secondary N) is 1. The van der Waals surface area contributed by atoms with E-state index in [9.17, 15) is 0 Å². The van der Waals surface area contributed by atoms with Crippen LogP contribution in [0.5, 0.6) is 0 Å². The smallest absolute Gasteiger partial charge is 0.0692 e. The minimum absolute atomic E-state index is 0.718. The van der Waals surface area contributed by atoms with Gasteiger partial charge in [0, 0.05) is 18.8 Å². The molecule has 0 aromatic carbocycles. The van der Waals surface area contributed by atoms with Gasteiger partial charge in [-0.2, -0.15) is 0 Å². The van der Waals surface area contributed by atoms with E-state index in [-0.39, 0.29) is 0 Å². The third kappa shape index (κ3) is 3.30. The van der Waals surface area contributed by atoms with Crippen molar-refractivity contribution in [2.75, 3.05) is 6.54 Å². The summed E-state index contributed by atoms with van der Waals surface area (Å²) in [7, 11) is 0. The zero-order chi connectivity index (χ0) is 11.4. The first-order valence-corrected chi connectivity index (χ1v) is 6.35. The molecule has 0 aliphatic heterocycles. The van der Waals surface area contributed by atoms with Crippen molar-refractivity contribution >= 4 is 0 Å². The maximum absolute atomic E-state index is 3.95. The number of hydrogen-bond acceptors (Lipinski definition) is 3. The van der Waals surface area contributed by atoms with Crippen LogP contribution in [-0.4, -0.2) is 27.6 Å². The summed E-state index contributed by atoms with van der Waals surface area (Å²) in [4.78, 5) is 0. The lowest BCUT2D eigenvalue weighted by Gasteiger charge is -2.22. The maximum atomic E-state index is 3.95. The van der Waals surface area contributed by atoms with Crippen molar-refractivity contribution in [1.29, 1.82) is 0 Å². The number of nitrogens with zero attached hydrogens (tertiary/aromatic N) is 3. The van der Waals surface area contributed by atoms with Gasteiger partial charge in [0.1, 0.15) is 0 Å². The summed E-state index contributed by atoms with van der Waals surface area (Å²) in [6, 6.07) is 0.718. The molecule has 90 valence electrons. The van der Waals surface area contributed by atoms with Gasteiger partial charge in [-0.25, -0.2) is 0 Å². The van der Waals surface area contributed by atoms with Crippen molar-refractivity contribution in [3.63, 3.8) is 0 Å². The molecule has 1 atom stereocenters. The second-order valence-corrected chi connectivity index (χ2v) is 5.08. The van der Waals surface area contributed by atoms with Crippen molar-refractivity contribution in [3.8, 4) is 0 Å². The molecule has 0 saturated heterocycles. The molecule has 1 unspecified atom stereocenters. The lowest BCUT2D eigenvalue weighted by atomic mass is 9.99. The average molecular weight is 222 g/mol. The summed E-state index contributed by atoms with van der Waals surface area (Å²) in [6.07, 6.45) is 7.60. The minimum Gasteiger partial charge on any atom is -0.313 e. The summed E-state index contributed by atoms with van der Waals surface area (Å²) in [5.41, 5.74) is 0. The van der Waals surface area contributed by atoms with E-state index in [1.54, 1.807) is 6.20 Å². The first kappa shape index (κ1) is 11.6. The van der Waals surface area contributed by atoms with Gasteiger partial charge in [0.2, 0.25) is 0 Å². The van der Waals surface area contributed by atoms with E-state index in [0.29, 0.717) is 0 Å². The fraction of sp³-hybridized carbons (Fsp3) is 0.833. The molecular formula is C12H22N4. The molecule has 1 aromatic rings. The standard InChI is InChI=1S/C12H22N4/c1-10(2)12(11-4-5-11)13-6-3-8-16-9-7-14-15-16/h7,9-13H,3-6,8H2,1-2H3. The highest BCUT2D eigenvalue weighted by molar-refractivity contribution is 4.88. The monoisotopic (exact) mass is 222 g/mol. The largest absolute Gasteiger partial charge is 0.313 e. The molecule has 0 bridgehead atoms. The quantitative estimate of drug-likeness (QED) is 0.714. The van der Waals surface area contributed by atoms with E-state index in [2.05, 4.69) is 29.5 Å². The van der Waals surface area contributed by atoms with Gasteiger partial charge in [-0.05, 0) is 37.6 Å². The summed E-state index contributed by atoms with van der Waals surface area (Å²) in [6.45, 7) is 6.67. The molecule has 4 nitrogen and oxygen atoms in total. The first-order valence-electron chi connectivity index (χ1n) is 6.35. The van der Waals surface area contributed by atoms with Crippen LogP contribution in [0, 0.1) is 11.8 Å². The highest BCUT2D eigenvalue weighted by Crippen LogP contribution is 2.35. The van der Waals surface area contributed by atoms with Gasteiger partial charge in [-0.15, -0.1) is 5.10 Å². The van der Waals surface area contributed by atoms with Gasteiger partial charge in [0.25, 0.3) is 0 Å². The van der Waals surface area contributed by atoms with E-state index in [4.69, 9.17) is 0 Å². The predicted octanol–water partition coefficient (Wildman–Crippen LogP) is 1.69. The van der Waals surface area contributed by atoms with Crippen LogP contribution in [-0.2, 0) is 6.54 Å². The van der Waals surface area contributed by atoms with Crippen LogP contribution in [0.4, 0.5) is 0 Å². The van der Waals surface area contributed by atoms with Crippen LogP contribution >= 0.6 is 0 Å². The topological polar surface area (TPSA) is 42.7 Å². The SMILES string of the molecule is CC(C)C(NCCCn1ccnn1)C1CC1. The van der Waals surface area contributed by atoms with Gasteiger partial charge >= 0.3 is 0 Å². The van der Waals surface area contributed by atoms with Gasteiger partial charge in [-0.3, -0.25) is 4.68 Å². The Kier molecular flexibility index (Phi) is 3.93. The van der Waals surface area contributed by atoms with Crippen LogP contribution < -0.4 is 5.32 Å². The minimum atomic E-state index is 0.718. The van der Waals surface area contributed by atoms with Gasteiger partial charge in [-0.1, -0.05) is 19.1 Å². The molecule has 2 rings (SSSR count). The second kappa shape index (κ2) is 5.43. The average Bonchev–Trinajstić information content (AvgIpc) is 2.94. The molecule has 16 heavy (non-hydrogen) atoms. The second-order valence-electron chi connectivity index (χ2n) is 5.08. The summed E-state index contributed by atoms with van der Waals surface area (Å²) in [5.74, 6) is 1.69. The molecular weight excluding hydrogens is 200 g/mol. The molecule has 1 aliphatic carbocycles. The van der Waals surface area contributed by atoms with E-state index < -0.39 is 0 Å². The van der Waals surface area contributed by atoms with Crippen molar-refractivity contribution in [2.45, 2.75) is 45.7 Å². The third-order valence-electron chi connectivity index (χ3n) is 3.26. The van der Waals surface area contributed by atoms with Crippen LogP contribution in [0.25, 0.3) is 0 Å². The summed E-state index contributed by atoms with van der Waals surface area (Å²) >= 11 is 0. The Labute approximate surface area is 97.4 Å². The summed E-state index contributed by atoms with van der Waals surface area (Å²) < 4.78 is 1.89. The highest BCUT2D eigenvalue weighted by atomic mass is 15.4. The van der Waals surface area contributed by atoms with Crippen molar-refractivity contribution in [2.24, 2.45) is 11.8 Å². The molecule has 0 spiro atoms. The highest BCUT2D eigenvalue weighted by Gasteiger charge is 2.32. The Morgan fingerprint density at radius 1 is 1.44 bits per heavy atom. The lowest BCUT2D eigenvalue weighted by molar-refractivity contribution is 0.354. The van der Waals surface area contributed by atoms with Gasteiger partial charge in [0.05, 0.1) is 6.20 Å². The third-order valence-corrected chi connectivity index (χ3v) is 3.26. The van der Waals surface area contributed by atoms with Gasteiger partial charge in [0.15, 0.2) is 0 Å². The Morgan fingerprint density at radius 2 is 2.25 bits per heavy atom. The van der Waals surface area contributed by atoms with Crippen LogP contribution in [0.1, 0.15) is 33.1 Å². The summed E-state index contributed by atoms with van der Waals surface area (Å²) in [5, 5.41) is 11.4. The molecule has 1 N–H and O–H groups in total. The van der Waals surface area contributed by atoms with Crippen molar-refractivity contribution < 1.29 is 0 Å².